The minimum Gasteiger partial charge on any atom is -0.208 e. The van der Waals surface area contributed by atoms with Gasteiger partial charge in [0.05, 0.1) is 5.41 Å². The summed E-state index contributed by atoms with van der Waals surface area (Å²) in [5, 5.41) is 2.59. The predicted octanol–water partition coefficient (Wildman–Crippen LogP) is 14.9. The topological polar surface area (TPSA) is 38.7 Å². The summed E-state index contributed by atoms with van der Waals surface area (Å²) >= 11 is 1.85. The number of fused-ring (bicyclic) bond motifs is 13. The van der Waals surface area contributed by atoms with E-state index in [4.69, 9.17) is 15.0 Å². The molecule has 2 aliphatic rings. The average Bonchev–Trinajstić information content (AvgIpc) is 3.99. The van der Waals surface area contributed by atoms with Gasteiger partial charge in [0.25, 0.3) is 0 Å². The molecule has 0 saturated heterocycles. The van der Waals surface area contributed by atoms with Crippen LogP contribution in [0.3, 0.4) is 0 Å². The van der Waals surface area contributed by atoms with Crippen molar-refractivity contribution in [3.63, 3.8) is 0 Å². The van der Waals surface area contributed by atoms with Crippen molar-refractivity contribution >= 4 is 31.5 Å². The number of rotatable bonds is 5. The van der Waals surface area contributed by atoms with E-state index in [1.165, 1.54) is 75.8 Å². The Labute approximate surface area is 363 Å². The van der Waals surface area contributed by atoms with Crippen molar-refractivity contribution < 1.29 is 0 Å². The second-order valence-electron chi connectivity index (χ2n) is 16.2. The van der Waals surface area contributed by atoms with Crippen LogP contribution in [0.25, 0.3) is 98.8 Å². The summed E-state index contributed by atoms with van der Waals surface area (Å²) in [6.45, 7) is 0. The molecule has 9 aromatic carbocycles. The van der Waals surface area contributed by atoms with Crippen LogP contribution < -0.4 is 0 Å². The second-order valence-corrected chi connectivity index (χ2v) is 17.2. The lowest BCUT2D eigenvalue weighted by atomic mass is 9.68. The van der Waals surface area contributed by atoms with Gasteiger partial charge >= 0.3 is 0 Å². The Morgan fingerprint density at radius 1 is 0.290 bits per heavy atom. The summed E-state index contributed by atoms with van der Waals surface area (Å²) in [5.74, 6) is 1.91. The Balaban J connectivity index is 1.00. The van der Waals surface area contributed by atoms with E-state index < -0.39 is 5.41 Å². The molecule has 2 heterocycles. The van der Waals surface area contributed by atoms with Crippen molar-refractivity contribution in [3.8, 4) is 78.7 Å². The van der Waals surface area contributed by atoms with Crippen molar-refractivity contribution in [1.82, 2.24) is 15.0 Å². The number of benzene rings is 9. The molecule has 0 radical (unpaired) electrons. The zero-order chi connectivity index (χ0) is 40.8. The fraction of sp³-hybridized carbons (Fsp3) is 0.0172. The Kier molecular flexibility index (Phi) is 7.69. The molecule has 2 aromatic heterocycles. The van der Waals surface area contributed by atoms with Gasteiger partial charge in [-0.15, -0.1) is 11.3 Å². The minimum atomic E-state index is -0.496. The summed E-state index contributed by atoms with van der Waals surface area (Å²) in [7, 11) is 0. The lowest BCUT2D eigenvalue weighted by Gasteiger charge is -2.32. The number of aromatic nitrogens is 3. The largest absolute Gasteiger partial charge is 0.208 e. The van der Waals surface area contributed by atoms with Crippen LogP contribution in [0.2, 0.25) is 0 Å². The van der Waals surface area contributed by atoms with Crippen molar-refractivity contribution in [2.75, 3.05) is 0 Å². The van der Waals surface area contributed by atoms with Crippen LogP contribution in [0.1, 0.15) is 22.3 Å². The van der Waals surface area contributed by atoms with E-state index in [2.05, 4.69) is 194 Å². The van der Waals surface area contributed by atoms with Crippen molar-refractivity contribution in [1.29, 1.82) is 0 Å². The molecule has 0 saturated carbocycles. The zero-order valence-corrected chi connectivity index (χ0v) is 34.3. The van der Waals surface area contributed by atoms with E-state index in [1.54, 1.807) is 0 Å². The summed E-state index contributed by atoms with van der Waals surface area (Å²) < 4.78 is 2.60. The van der Waals surface area contributed by atoms with Gasteiger partial charge in [0.15, 0.2) is 17.5 Å². The van der Waals surface area contributed by atoms with Gasteiger partial charge in [-0.3, -0.25) is 0 Å². The predicted molar refractivity (Wildman–Crippen MR) is 256 cm³/mol. The highest BCUT2D eigenvalue weighted by atomic mass is 32.1. The fourth-order valence-electron chi connectivity index (χ4n) is 10.4. The maximum Gasteiger partial charge on any atom is 0.164 e. The summed E-state index contributed by atoms with van der Waals surface area (Å²) in [4.78, 5) is 15.8. The van der Waals surface area contributed by atoms with Crippen LogP contribution in [0, 0.1) is 0 Å². The molecule has 0 N–H and O–H groups in total. The van der Waals surface area contributed by atoms with Crippen molar-refractivity contribution in [2.24, 2.45) is 0 Å². The molecule has 0 amide bonds. The van der Waals surface area contributed by atoms with Gasteiger partial charge in [0.2, 0.25) is 0 Å². The van der Waals surface area contributed by atoms with Crippen LogP contribution >= 0.6 is 11.3 Å². The lowest BCUT2D eigenvalue weighted by Crippen LogP contribution is -2.26. The van der Waals surface area contributed by atoms with E-state index in [0.717, 1.165) is 27.8 Å². The monoisotopic (exact) mass is 805 g/mol. The maximum absolute atomic E-state index is 5.34. The molecule has 0 unspecified atom stereocenters. The van der Waals surface area contributed by atoms with Gasteiger partial charge < -0.3 is 0 Å². The van der Waals surface area contributed by atoms with E-state index in [1.807, 2.05) is 29.5 Å². The first-order valence-electron chi connectivity index (χ1n) is 21.1. The Morgan fingerprint density at radius 3 is 1.40 bits per heavy atom. The fourth-order valence-corrected chi connectivity index (χ4v) is 11.6. The molecular weight excluding hydrogens is 771 g/mol. The molecule has 2 aliphatic carbocycles. The Morgan fingerprint density at radius 2 is 0.726 bits per heavy atom. The third kappa shape index (κ3) is 5.02. The van der Waals surface area contributed by atoms with Crippen LogP contribution in [-0.4, -0.2) is 15.0 Å². The lowest BCUT2D eigenvalue weighted by molar-refractivity contribution is 0.796. The molecule has 0 atom stereocenters. The summed E-state index contributed by atoms with van der Waals surface area (Å²) in [6, 6.07) is 76.7. The summed E-state index contributed by atoms with van der Waals surface area (Å²) in [5.41, 5.74) is 17.3. The number of hydrogen-bond donors (Lipinski definition) is 0. The normalized spacial score (nSPS) is 13.0. The molecule has 0 aliphatic heterocycles. The highest BCUT2D eigenvalue weighted by molar-refractivity contribution is 7.26. The number of hydrogen-bond acceptors (Lipinski definition) is 4. The first-order chi connectivity index (χ1) is 30.8. The molecule has 11 aromatic rings. The smallest absolute Gasteiger partial charge is 0.164 e. The molecule has 1 spiro atoms. The molecule has 62 heavy (non-hydrogen) atoms. The SMILES string of the molecule is c1ccc(-c2nc(-c3ccc(-c4cccc5c4sc4ccccc45)cc3)nc(-c3ccccc3-c3cccc4c3C3(c5ccccc5-c5ccccc53)c3ccccc3-4)n2)cc1. The molecule has 4 heteroatoms. The van der Waals surface area contributed by atoms with Gasteiger partial charge in [0.1, 0.15) is 0 Å². The molecule has 0 bridgehead atoms. The third-order valence-corrected chi connectivity index (χ3v) is 14.2. The molecule has 13 rings (SSSR count). The van der Waals surface area contributed by atoms with Crippen LogP contribution in [0.4, 0.5) is 0 Å². The van der Waals surface area contributed by atoms with Crippen LogP contribution in [0.15, 0.2) is 212 Å². The Hall–Kier alpha value is -7.79. The van der Waals surface area contributed by atoms with Gasteiger partial charge in [-0.2, -0.15) is 0 Å². The first kappa shape index (κ1) is 35.0. The molecule has 288 valence electrons. The first-order valence-corrected chi connectivity index (χ1v) is 21.9. The van der Waals surface area contributed by atoms with Crippen molar-refractivity contribution in [3.05, 3.63) is 235 Å². The minimum absolute atomic E-state index is 0.496. The maximum atomic E-state index is 5.34. The highest BCUT2D eigenvalue weighted by Crippen LogP contribution is 2.64. The second kappa shape index (κ2) is 13.6. The van der Waals surface area contributed by atoms with Gasteiger partial charge in [-0.1, -0.05) is 206 Å². The highest BCUT2D eigenvalue weighted by Gasteiger charge is 2.52. The van der Waals surface area contributed by atoms with E-state index >= 15 is 0 Å². The van der Waals surface area contributed by atoms with Gasteiger partial charge in [-0.05, 0) is 72.8 Å². The van der Waals surface area contributed by atoms with Crippen LogP contribution in [0.5, 0.6) is 0 Å². The molecule has 3 nitrogen and oxygen atoms in total. The van der Waals surface area contributed by atoms with E-state index in [0.29, 0.717) is 17.5 Å². The van der Waals surface area contributed by atoms with E-state index in [-0.39, 0.29) is 0 Å². The number of thiophene rings is 1. The quantitative estimate of drug-likeness (QED) is 0.174. The standard InChI is InChI=1S/C58H35N3S/c1-2-16-37(17-3-1)55-59-56(38-34-32-36(33-35-38)39-24-14-27-47-44-22-9-13-31-52(44)62-54(39)47)61-57(60-55)48-23-5-4-18-40(48)45-25-15-26-46-43-21-8-12-30-51(43)58(53(45)46)49-28-10-6-19-41(49)42-20-7-11-29-50(42)58/h1-35H. The summed E-state index contributed by atoms with van der Waals surface area (Å²) in [6.07, 6.45) is 0. The number of nitrogens with zero attached hydrogens (tertiary/aromatic N) is 3. The Bertz CT molecular complexity index is 3520. The van der Waals surface area contributed by atoms with Gasteiger partial charge in [0, 0.05) is 36.9 Å². The molecule has 0 fully saturated rings. The third-order valence-electron chi connectivity index (χ3n) is 13.0. The van der Waals surface area contributed by atoms with Crippen LogP contribution in [-0.2, 0) is 5.41 Å². The zero-order valence-electron chi connectivity index (χ0n) is 33.5. The molecular formula is C58H35N3S. The van der Waals surface area contributed by atoms with Gasteiger partial charge in [-0.25, -0.2) is 15.0 Å². The average molecular weight is 806 g/mol. The van der Waals surface area contributed by atoms with E-state index in [9.17, 15) is 0 Å². The van der Waals surface area contributed by atoms with Crippen molar-refractivity contribution in [2.45, 2.75) is 5.41 Å².